The lowest BCUT2D eigenvalue weighted by molar-refractivity contribution is 0.00752. The van der Waals surface area contributed by atoms with Gasteiger partial charge in [0.05, 0.1) is 23.8 Å². The molecule has 0 spiro atoms. The molecule has 8 heteroatoms. The number of carbonyl (C=O) groups is 1. The summed E-state index contributed by atoms with van der Waals surface area (Å²) in [6.07, 6.45) is 0. The summed E-state index contributed by atoms with van der Waals surface area (Å²) >= 11 is 6.05. The monoisotopic (exact) mass is 409 g/mol. The largest absolute Gasteiger partial charge is 0.379 e. The van der Waals surface area contributed by atoms with Crippen LogP contribution in [0.2, 0.25) is 5.02 Å². The number of carbonyl (C=O) groups excluding carboxylic acids is 1. The smallest absolute Gasteiger partial charge is 0.252 e. The number of hydrogen-bond donors (Lipinski definition) is 3. The minimum atomic E-state index is -0.178. The molecule has 1 fully saturated rings. The van der Waals surface area contributed by atoms with E-state index < -0.39 is 0 Å². The van der Waals surface area contributed by atoms with Crippen molar-refractivity contribution in [3.63, 3.8) is 0 Å². The highest BCUT2D eigenvalue weighted by atomic mass is 35.5. The molecule has 1 heterocycles. The SMILES string of the molecule is CN=C(NCCNC(=O)c1ccccc1Cl)NCC(C(C)C)N1CCOCC1. The molecular weight excluding hydrogens is 378 g/mol. The summed E-state index contributed by atoms with van der Waals surface area (Å²) in [5.41, 5.74) is 0.483. The van der Waals surface area contributed by atoms with Crippen molar-refractivity contribution in [3.05, 3.63) is 34.9 Å². The van der Waals surface area contributed by atoms with Gasteiger partial charge in [-0.3, -0.25) is 14.7 Å². The highest BCUT2D eigenvalue weighted by Crippen LogP contribution is 2.14. The molecule has 0 aliphatic carbocycles. The molecule has 2 rings (SSSR count). The second kappa shape index (κ2) is 11.9. The van der Waals surface area contributed by atoms with Gasteiger partial charge in [-0.1, -0.05) is 37.6 Å². The molecule has 1 atom stereocenters. The van der Waals surface area contributed by atoms with Crippen molar-refractivity contribution in [2.75, 3.05) is 53.0 Å². The quantitative estimate of drug-likeness (QED) is 0.345. The maximum atomic E-state index is 12.2. The molecule has 1 aromatic carbocycles. The first kappa shape index (κ1) is 22.5. The molecule has 3 N–H and O–H groups in total. The van der Waals surface area contributed by atoms with E-state index in [0.717, 1.165) is 38.8 Å². The molecule has 1 unspecified atom stereocenters. The van der Waals surface area contributed by atoms with Crippen molar-refractivity contribution in [2.45, 2.75) is 19.9 Å². The molecule has 0 bridgehead atoms. The van der Waals surface area contributed by atoms with E-state index in [1.54, 1.807) is 31.3 Å². The van der Waals surface area contributed by atoms with E-state index in [-0.39, 0.29) is 5.91 Å². The molecule has 1 saturated heterocycles. The zero-order valence-corrected chi connectivity index (χ0v) is 17.8. The van der Waals surface area contributed by atoms with Gasteiger partial charge in [0.1, 0.15) is 0 Å². The summed E-state index contributed by atoms with van der Waals surface area (Å²) in [6, 6.07) is 7.44. The second-order valence-corrected chi connectivity index (χ2v) is 7.48. The van der Waals surface area contributed by atoms with E-state index in [9.17, 15) is 4.79 Å². The zero-order valence-electron chi connectivity index (χ0n) is 17.0. The van der Waals surface area contributed by atoms with E-state index in [0.29, 0.717) is 35.6 Å². The predicted octanol–water partition coefficient (Wildman–Crippen LogP) is 1.59. The van der Waals surface area contributed by atoms with Gasteiger partial charge in [-0.25, -0.2) is 0 Å². The van der Waals surface area contributed by atoms with Gasteiger partial charge in [-0.05, 0) is 18.1 Å². The lowest BCUT2D eigenvalue weighted by Crippen LogP contribution is -2.53. The summed E-state index contributed by atoms with van der Waals surface area (Å²) in [4.78, 5) is 18.9. The Morgan fingerprint density at radius 1 is 1.18 bits per heavy atom. The molecule has 0 radical (unpaired) electrons. The number of guanidine groups is 1. The van der Waals surface area contributed by atoms with Crippen LogP contribution in [0.1, 0.15) is 24.2 Å². The number of hydrogen-bond acceptors (Lipinski definition) is 4. The van der Waals surface area contributed by atoms with E-state index >= 15 is 0 Å². The molecule has 0 saturated carbocycles. The molecule has 1 aromatic rings. The molecule has 7 nitrogen and oxygen atoms in total. The number of rotatable bonds is 8. The number of halogens is 1. The predicted molar refractivity (Wildman–Crippen MR) is 114 cm³/mol. The number of benzene rings is 1. The lowest BCUT2D eigenvalue weighted by Gasteiger charge is -2.37. The van der Waals surface area contributed by atoms with Gasteiger partial charge < -0.3 is 20.7 Å². The first-order chi connectivity index (χ1) is 13.5. The van der Waals surface area contributed by atoms with Crippen molar-refractivity contribution in [2.24, 2.45) is 10.9 Å². The molecular formula is C20H32ClN5O2. The summed E-state index contributed by atoms with van der Waals surface area (Å²) in [5, 5.41) is 9.95. The van der Waals surface area contributed by atoms with Gasteiger partial charge in [0.15, 0.2) is 5.96 Å². The van der Waals surface area contributed by atoms with Crippen LogP contribution in [0.25, 0.3) is 0 Å². The second-order valence-electron chi connectivity index (χ2n) is 7.08. The molecule has 28 heavy (non-hydrogen) atoms. The Labute approximate surface area is 172 Å². The van der Waals surface area contributed by atoms with Crippen molar-refractivity contribution >= 4 is 23.5 Å². The van der Waals surface area contributed by atoms with Gasteiger partial charge in [0, 0.05) is 45.8 Å². The third-order valence-corrected chi connectivity index (χ3v) is 5.14. The molecule has 0 aromatic heterocycles. The first-order valence-electron chi connectivity index (χ1n) is 9.82. The zero-order chi connectivity index (χ0) is 20.4. The maximum Gasteiger partial charge on any atom is 0.252 e. The van der Waals surface area contributed by atoms with E-state index in [1.807, 2.05) is 0 Å². The fourth-order valence-corrected chi connectivity index (χ4v) is 3.44. The van der Waals surface area contributed by atoms with Crippen LogP contribution in [0.15, 0.2) is 29.3 Å². The van der Waals surface area contributed by atoms with Crippen LogP contribution in [-0.2, 0) is 4.74 Å². The van der Waals surface area contributed by atoms with Gasteiger partial charge in [0.2, 0.25) is 0 Å². The van der Waals surface area contributed by atoms with Gasteiger partial charge in [-0.2, -0.15) is 0 Å². The summed E-state index contributed by atoms with van der Waals surface area (Å²) < 4.78 is 5.46. The maximum absolute atomic E-state index is 12.2. The van der Waals surface area contributed by atoms with Crippen molar-refractivity contribution in [1.29, 1.82) is 0 Å². The van der Waals surface area contributed by atoms with Crippen molar-refractivity contribution in [1.82, 2.24) is 20.9 Å². The first-order valence-corrected chi connectivity index (χ1v) is 10.2. The Bertz CT molecular complexity index is 647. The van der Waals surface area contributed by atoms with Crippen molar-refractivity contribution in [3.8, 4) is 0 Å². The topological polar surface area (TPSA) is 78.0 Å². The number of aliphatic imine (C=N–C) groups is 1. The van der Waals surface area contributed by atoms with Crippen molar-refractivity contribution < 1.29 is 9.53 Å². The minimum Gasteiger partial charge on any atom is -0.379 e. The highest BCUT2D eigenvalue weighted by Gasteiger charge is 2.23. The van der Waals surface area contributed by atoms with Crippen LogP contribution < -0.4 is 16.0 Å². The average molecular weight is 410 g/mol. The van der Waals surface area contributed by atoms with E-state index in [4.69, 9.17) is 16.3 Å². The Hall–Kier alpha value is -1.83. The Kier molecular flexibility index (Phi) is 9.54. The summed E-state index contributed by atoms with van der Waals surface area (Å²) in [5.74, 6) is 1.08. The number of amides is 1. The number of nitrogens with zero attached hydrogens (tertiary/aromatic N) is 2. The van der Waals surface area contributed by atoms with Crippen LogP contribution in [0.5, 0.6) is 0 Å². The van der Waals surface area contributed by atoms with Crippen LogP contribution in [0, 0.1) is 5.92 Å². The van der Waals surface area contributed by atoms with Crippen LogP contribution >= 0.6 is 11.6 Å². The number of ether oxygens (including phenoxy) is 1. The van der Waals surface area contributed by atoms with Gasteiger partial charge >= 0.3 is 0 Å². The van der Waals surface area contributed by atoms with E-state index in [2.05, 4.69) is 39.7 Å². The fraction of sp³-hybridized carbons (Fsp3) is 0.600. The van der Waals surface area contributed by atoms with Crippen LogP contribution in [-0.4, -0.2) is 75.8 Å². The Morgan fingerprint density at radius 3 is 2.50 bits per heavy atom. The average Bonchev–Trinajstić information content (AvgIpc) is 2.70. The highest BCUT2D eigenvalue weighted by molar-refractivity contribution is 6.33. The molecule has 1 aliphatic rings. The van der Waals surface area contributed by atoms with Gasteiger partial charge in [0.25, 0.3) is 5.91 Å². The lowest BCUT2D eigenvalue weighted by atomic mass is 10.0. The summed E-state index contributed by atoms with van der Waals surface area (Å²) in [6.45, 7) is 9.84. The number of nitrogens with one attached hydrogen (secondary N) is 3. The summed E-state index contributed by atoms with van der Waals surface area (Å²) in [7, 11) is 1.75. The van der Waals surface area contributed by atoms with Crippen LogP contribution in [0.3, 0.4) is 0 Å². The van der Waals surface area contributed by atoms with Gasteiger partial charge in [-0.15, -0.1) is 0 Å². The normalized spacial score (nSPS) is 16.7. The third kappa shape index (κ3) is 6.96. The minimum absolute atomic E-state index is 0.178. The Morgan fingerprint density at radius 2 is 1.86 bits per heavy atom. The number of morpholine rings is 1. The van der Waals surface area contributed by atoms with E-state index in [1.165, 1.54) is 0 Å². The standard InChI is InChI=1S/C20H32ClN5O2/c1-15(2)18(26-10-12-28-13-11-26)14-25-20(22-3)24-9-8-23-19(27)16-6-4-5-7-17(16)21/h4-7,15,18H,8-14H2,1-3H3,(H,23,27)(H2,22,24,25). The molecule has 1 amide bonds. The fourth-order valence-electron chi connectivity index (χ4n) is 3.21. The molecule has 156 valence electrons. The third-order valence-electron chi connectivity index (χ3n) is 4.81. The Balaban J connectivity index is 1.73. The molecule has 1 aliphatic heterocycles. The van der Waals surface area contributed by atoms with Crippen LogP contribution in [0.4, 0.5) is 0 Å².